The summed E-state index contributed by atoms with van der Waals surface area (Å²) in [4.78, 5) is 0. The van der Waals surface area contributed by atoms with Crippen molar-refractivity contribution in [2.75, 3.05) is 13.1 Å². The van der Waals surface area contributed by atoms with E-state index in [-0.39, 0.29) is 12.1 Å². The largest absolute Gasteiger partial charge is 0.387 e. The lowest BCUT2D eigenvalue weighted by Gasteiger charge is -2.13. The standard InChI is InChI=1S/C11H14F3NO/c1-2-5-15-6-9(16)7-3-4-8(12)11(14)10(7)13/h3-4,9,15-16H,2,5-6H2,1H3. The molecule has 0 spiro atoms. The topological polar surface area (TPSA) is 32.3 Å². The van der Waals surface area contributed by atoms with Crippen LogP contribution in [0.3, 0.4) is 0 Å². The molecule has 0 aliphatic rings. The summed E-state index contributed by atoms with van der Waals surface area (Å²) < 4.78 is 38.7. The average Bonchev–Trinajstić information content (AvgIpc) is 2.26. The van der Waals surface area contributed by atoms with E-state index < -0.39 is 23.6 Å². The summed E-state index contributed by atoms with van der Waals surface area (Å²) >= 11 is 0. The van der Waals surface area contributed by atoms with Gasteiger partial charge in [-0.3, -0.25) is 0 Å². The van der Waals surface area contributed by atoms with E-state index in [1.807, 2.05) is 6.92 Å². The van der Waals surface area contributed by atoms with Crippen molar-refractivity contribution >= 4 is 0 Å². The lowest BCUT2D eigenvalue weighted by molar-refractivity contribution is 0.168. The Bertz CT molecular complexity index is 357. The van der Waals surface area contributed by atoms with Gasteiger partial charge in [-0.2, -0.15) is 0 Å². The van der Waals surface area contributed by atoms with E-state index in [1.165, 1.54) is 0 Å². The van der Waals surface area contributed by atoms with E-state index in [9.17, 15) is 18.3 Å². The summed E-state index contributed by atoms with van der Waals surface area (Å²) in [6.07, 6.45) is -0.311. The molecular formula is C11H14F3NO. The summed E-state index contributed by atoms with van der Waals surface area (Å²) in [6.45, 7) is 2.72. The number of nitrogens with one attached hydrogen (secondary N) is 1. The van der Waals surface area contributed by atoms with Crippen molar-refractivity contribution in [1.82, 2.24) is 5.32 Å². The van der Waals surface area contributed by atoms with Crippen LogP contribution in [0.5, 0.6) is 0 Å². The molecular weight excluding hydrogens is 219 g/mol. The fraction of sp³-hybridized carbons (Fsp3) is 0.455. The van der Waals surface area contributed by atoms with Crippen LogP contribution in [0, 0.1) is 17.5 Å². The van der Waals surface area contributed by atoms with Crippen LogP contribution in [0.4, 0.5) is 13.2 Å². The first-order valence-corrected chi connectivity index (χ1v) is 5.10. The van der Waals surface area contributed by atoms with E-state index in [2.05, 4.69) is 5.32 Å². The van der Waals surface area contributed by atoms with Gasteiger partial charge in [0.2, 0.25) is 0 Å². The lowest BCUT2D eigenvalue weighted by atomic mass is 10.1. The predicted octanol–water partition coefficient (Wildman–Crippen LogP) is 2.14. The fourth-order valence-electron chi connectivity index (χ4n) is 1.32. The first-order chi connectivity index (χ1) is 7.57. The summed E-state index contributed by atoms with van der Waals surface area (Å²) in [6, 6.07) is 1.85. The maximum Gasteiger partial charge on any atom is 0.194 e. The van der Waals surface area contributed by atoms with Crippen molar-refractivity contribution in [2.24, 2.45) is 0 Å². The highest BCUT2D eigenvalue weighted by atomic mass is 19.2. The molecule has 0 fully saturated rings. The van der Waals surface area contributed by atoms with Crippen molar-refractivity contribution in [3.05, 3.63) is 35.1 Å². The van der Waals surface area contributed by atoms with Gasteiger partial charge in [-0.05, 0) is 19.0 Å². The van der Waals surface area contributed by atoms with E-state index in [0.29, 0.717) is 6.54 Å². The molecule has 1 rings (SSSR count). The molecule has 0 saturated heterocycles. The van der Waals surface area contributed by atoms with E-state index >= 15 is 0 Å². The summed E-state index contributed by atoms with van der Waals surface area (Å²) in [7, 11) is 0. The molecule has 2 nitrogen and oxygen atoms in total. The molecule has 0 aliphatic heterocycles. The first-order valence-electron chi connectivity index (χ1n) is 5.10. The van der Waals surface area contributed by atoms with Crippen LogP contribution >= 0.6 is 0 Å². The second kappa shape index (κ2) is 5.86. The molecule has 0 heterocycles. The Labute approximate surface area is 92.1 Å². The zero-order chi connectivity index (χ0) is 12.1. The molecule has 1 aromatic rings. The summed E-state index contributed by atoms with van der Waals surface area (Å²) in [5.41, 5.74) is -0.234. The minimum Gasteiger partial charge on any atom is -0.387 e. The maximum atomic E-state index is 13.2. The van der Waals surface area contributed by atoms with Gasteiger partial charge in [0.25, 0.3) is 0 Å². The van der Waals surface area contributed by atoms with Crippen LogP contribution in [-0.2, 0) is 0 Å². The SMILES string of the molecule is CCCNCC(O)c1ccc(F)c(F)c1F. The molecule has 0 bridgehead atoms. The molecule has 90 valence electrons. The number of aliphatic hydroxyl groups excluding tert-OH is 1. The van der Waals surface area contributed by atoms with Crippen molar-refractivity contribution < 1.29 is 18.3 Å². The minimum absolute atomic E-state index is 0.107. The van der Waals surface area contributed by atoms with Crippen molar-refractivity contribution in [3.63, 3.8) is 0 Å². The molecule has 1 unspecified atom stereocenters. The molecule has 1 atom stereocenters. The number of hydrogen-bond donors (Lipinski definition) is 2. The molecule has 0 aromatic heterocycles. The molecule has 16 heavy (non-hydrogen) atoms. The average molecular weight is 233 g/mol. The molecule has 2 N–H and O–H groups in total. The number of benzene rings is 1. The van der Waals surface area contributed by atoms with Gasteiger partial charge >= 0.3 is 0 Å². The Morgan fingerprint density at radius 1 is 1.25 bits per heavy atom. The minimum atomic E-state index is -1.55. The van der Waals surface area contributed by atoms with Crippen LogP contribution in [0.1, 0.15) is 25.0 Å². The Morgan fingerprint density at radius 3 is 2.56 bits per heavy atom. The van der Waals surface area contributed by atoms with Gasteiger partial charge in [0.05, 0.1) is 6.10 Å². The Morgan fingerprint density at radius 2 is 1.94 bits per heavy atom. The number of halogens is 3. The van der Waals surface area contributed by atoms with Crippen LogP contribution < -0.4 is 5.32 Å². The molecule has 1 aromatic carbocycles. The maximum absolute atomic E-state index is 13.2. The Hall–Kier alpha value is -1.07. The van der Waals surface area contributed by atoms with Gasteiger partial charge in [-0.15, -0.1) is 0 Å². The highest BCUT2D eigenvalue weighted by Gasteiger charge is 2.18. The summed E-state index contributed by atoms with van der Waals surface area (Å²) in [5.74, 6) is -4.13. The number of hydrogen-bond acceptors (Lipinski definition) is 2. The van der Waals surface area contributed by atoms with E-state index in [0.717, 1.165) is 18.6 Å². The van der Waals surface area contributed by atoms with E-state index in [1.54, 1.807) is 0 Å². The fourth-order valence-corrected chi connectivity index (χ4v) is 1.32. The zero-order valence-electron chi connectivity index (χ0n) is 8.93. The second-order valence-electron chi connectivity index (χ2n) is 3.48. The first kappa shape index (κ1) is 13.0. The third-order valence-electron chi connectivity index (χ3n) is 2.19. The van der Waals surface area contributed by atoms with Crippen LogP contribution in [-0.4, -0.2) is 18.2 Å². The van der Waals surface area contributed by atoms with Crippen LogP contribution in [0.15, 0.2) is 12.1 Å². The van der Waals surface area contributed by atoms with Crippen molar-refractivity contribution in [3.8, 4) is 0 Å². The predicted molar refractivity (Wildman–Crippen MR) is 54.4 cm³/mol. The monoisotopic (exact) mass is 233 g/mol. The number of aliphatic hydroxyl groups is 1. The van der Waals surface area contributed by atoms with Crippen molar-refractivity contribution in [1.29, 1.82) is 0 Å². The highest BCUT2D eigenvalue weighted by molar-refractivity contribution is 5.22. The quantitative estimate of drug-likeness (QED) is 0.603. The Kier molecular flexibility index (Phi) is 4.76. The molecule has 0 radical (unpaired) electrons. The van der Waals surface area contributed by atoms with Crippen LogP contribution in [0.25, 0.3) is 0 Å². The molecule has 0 saturated carbocycles. The highest BCUT2D eigenvalue weighted by Crippen LogP contribution is 2.20. The Balaban J connectivity index is 2.76. The third kappa shape index (κ3) is 2.96. The van der Waals surface area contributed by atoms with E-state index in [4.69, 9.17) is 0 Å². The van der Waals surface area contributed by atoms with Gasteiger partial charge in [0.1, 0.15) is 0 Å². The van der Waals surface area contributed by atoms with Crippen LogP contribution in [0.2, 0.25) is 0 Å². The summed E-state index contributed by atoms with van der Waals surface area (Å²) in [5, 5.41) is 12.4. The zero-order valence-corrected chi connectivity index (χ0v) is 8.93. The van der Waals surface area contributed by atoms with Gasteiger partial charge < -0.3 is 10.4 Å². The van der Waals surface area contributed by atoms with Crippen molar-refractivity contribution in [2.45, 2.75) is 19.4 Å². The van der Waals surface area contributed by atoms with Gasteiger partial charge in [-0.1, -0.05) is 13.0 Å². The van der Waals surface area contributed by atoms with Gasteiger partial charge in [0, 0.05) is 12.1 Å². The normalized spacial score (nSPS) is 12.8. The van der Waals surface area contributed by atoms with Gasteiger partial charge in [0.15, 0.2) is 17.5 Å². The molecule has 0 amide bonds. The van der Waals surface area contributed by atoms with Gasteiger partial charge in [-0.25, -0.2) is 13.2 Å². The third-order valence-corrected chi connectivity index (χ3v) is 2.19. The second-order valence-corrected chi connectivity index (χ2v) is 3.48. The molecule has 0 aliphatic carbocycles. The molecule has 5 heteroatoms. The lowest BCUT2D eigenvalue weighted by Crippen LogP contribution is -2.23. The smallest absolute Gasteiger partial charge is 0.194 e. The number of rotatable bonds is 5.